The van der Waals surface area contributed by atoms with Crippen LogP contribution in [-0.4, -0.2) is 36.7 Å². The second kappa shape index (κ2) is 7.38. The van der Waals surface area contributed by atoms with Crippen LogP contribution in [0, 0.1) is 0 Å². The summed E-state index contributed by atoms with van der Waals surface area (Å²) in [5.41, 5.74) is 1.77. The van der Waals surface area contributed by atoms with Crippen molar-refractivity contribution in [1.82, 2.24) is 10.2 Å². The van der Waals surface area contributed by atoms with E-state index in [4.69, 9.17) is 9.47 Å². The van der Waals surface area contributed by atoms with Crippen LogP contribution in [0.25, 0.3) is 0 Å². The van der Waals surface area contributed by atoms with Crippen molar-refractivity contribution in [3.63, 3.8) is 0 Å². The minimum absolute atomic E-state index is 0.119. The summed E-state index contributed by atoms with van der Waals surface area (Å²) in [5.74, 6) is 1.48. The highest BCUT2D eigenvalue weighted by molar-refractivity contribution is 5.85. The smallest absolute Gasteiger partial charge is 0.241 e. The van der Waals surface area contributed by atoms with E-state index in [-0.39, 0.29) is 11.9 Å². The summed E-state index contributed by atoms with van der Waals surface area (Å²) in [4.78, 5) is 14.9. The Labute approximate surface area is 154 Å². The first-order valence-corrected chi connectivity index (χ1v) is 8.78. The summed E-state index contributed by atoms with van der Waals surface area (Å²) in [7, 11) is 3.23. The van der Waals surface area contributed by atoms with Gasteiger partial charge in [0.1, 0.15) is 0 Å². The Morgan fingerprint density at radius 1 is 1.00 bits per heavy atom. The number of methoxy groups -OCH3 is 2. The standard InChI is InChI=1S/C21H26N2O3/c1-21(2)22-17(12-16-10-11-18(25-3)19(13-16)26-4)20(24)23(21)14-15-8-6-5-7-9-15/h5-11,13,17,22H,12,14H2,1-4H3/t17-/m0/s1. The Morgan fingerprint density at radius 3 is 2.35 bits per heavy atom. The molecule has 1 aliphatic heterocycles. The van der Waals surface area contributed by atoms with Crippen molar-refractivity contribution in [2.45, 2.75) is 38.5 Å². The molecule has 1 aliphatic rings. The molecule has 0 saturated carbocycles. The number of carbonyl (C=O) groups is 1. The molecule has 3 rings (SSSR count). The van der Waals surface area contributed by atoms with Gasteiger partial charge in [-0.05, 0) is 43.5 Å². The monoisotopic (exact) mass is 354 g/mol. The van der Waals surface area contributed by atoms with Crippen LogP contribution in [-0.2, 0) is 17.8 Å². The molecule has 1 N–H and O–H groups in total. The van der Waals surface area contributed by atoms with E-state index < -0.39 is 5.66 Å². The van der Waals surface area contributed by atoms with E-state index in [1.165, 1.54) is 0 Å². The molecule has 0 bridgehead atoms. The van der Waals surface area contributed by atoms with Gasteiger partial charge in [0, 0.05) is 6.54 Å². The van der Waals surface area contributed by atoms with Crippen LogP contribution in [0.2, 0.25) is 0 Å². The van der Waals surface area contributed by atoms with Gasteiger partial charge in [-0.3, -0.25) is 10.1 Å². The summed E-state index contributed by atoms with van der Waals surface area (Å²) in [5, 5.41) is 3.47. The van der Waals surface area contributed by atoms with Crippen molar-refractivity contribution in [1.29, 1.82) is 0 Å². The maximum Gasteiger partial charge on any atom is 0.241 e. The lowest BCUT2D eigenvalue weighted by Gasteiger charge is -2.31. The van der Waals surface area contributed by atoms with Gasteiger partial charge in [-0.25, -0.2) is 0 Å². The maximum atomic E-state index is 13.0. The zero-order valence-corrected chi connectivity index (χ0v) is 15.8. The molecule has 26 heavy (non-hydrogen) atoms. The predicted molar refractivity (Wildman–Crippen MR) is 101 cm³/mol. The van der Waals surface area contributed by atoms with Gasteiger partial charge in [-0.1, -0.05) is 36.4 Å². The van der Waals surface area contributed by atoms with Crippen molar-refractivity contribution < 1.29 is 14.3 Å². The summed E-state index contributed by atoms with van der Waals surface area (Å²) in [6.45, 7) is 4.69. The van der Waals surface area contributed by atoms with Crippen LogP contribution in [0.3, 0.4) is 0 Å². The average molecular weight is 354 g/mol. The fourth-order valence-electron chi connectivity index (χ4n) is 3.45. The molecule has 0 aromatic heterocycles. The van der Waals surface area contributed by atoms with Gasteiger partial charge >= 0.3 is 0 Å². The van der Waals surface area contributed by atoms with E-state index >= 15 is 0 Å². The zero-order chi connectivity index (χ0) is 18.7. The Kier molecular flexibility index (Phi) is 5.18. The lowest BCUT2D eigenvalue weighted by Crippen LogP contribution is -2.46. The highest BCUT2D eigenvalue weighted by Gasteiger charge is 2.43. The molecule has 1 heterocycles. The van der Waals surface area contributed by atoms with Crippen LogP contribution in [0.15, 0.2) is 48.5 Å². The number of rotatable bonds is 6. The third-order valence-corrected chi connectivity index (χ3v) is 4.84. The second-order valence-corrected chi connectivity index (χ2v) is 7.06. The van der Waals surface area contributed by atoms with Crippen molar-refractivity contribution in [3.05, 3.63) is 59.7 Å². The van der Waals surface area contributed by atoms with Crippen LogP contribution in [0.1, 0.15) is 25.0 Å². The van der Waals surface area contributed by atoms with Gasteiger partial charge in [-0.2, -0.15) is 0 Å². The van der Waals surface area contributed by atoms with E-state index in [0.717, 1.165) is 11.1 Å². The van der Waals surface area contributed by atoms with E-state index in [2.05, 4.69) is 5.32 Å². The first-order valence-electron chi connectivity index (χ1n) is 8.78. The molecule has 5 nitrogen and oxygen atoms in total. The third-order valence-electron chi connectivity index (χ3n) is 4.84. The lowest BCUT2D eigenvalue weighted by atomic mass is 10.1. The quantitative estimate of drug-likeness (QED) is 0.866. The molecule has 0 unspecified atom stereocenters. The second-order valence-electron chi connectivity index (χ2n) is 7.06. The number of hydrogen-bond acceptors (Lipinski definition) is 4. The number of nitrogens with one attached hydrogen (secondary N) is 1. The molecule has 1 saturated heterocycles. The normalized spacial score (nSPS) is 18.8. The van der Waals surface area contributed by atoms with Crippen LogP contribution in [0.4, 0.5) is 0 Å². The largest absolute Gasteiger partial charge is 0.493 e. The van der Waals surface area contributed by atoms with Gasteiger partial charge in [0.15, 0.2) is 11.5 Å². The van der Waals surface area contributed by atoms with E-state index in [0.29, 0.717) is 24.5 Å². The summed E-state index contributed by atoms with van der Waals surface area (Å²) < 4.78 is 10.7. The predicted octanol–water partition coefficient (Wildman–Crippen LogP) is 2.98. The number of hydrogen-bond donors (Lipinski definition) is 1. The van der Waals surface area contributed by atoms with E-state index in [9.17, 15) is 4.79 Å². The van der Waals surface area contributed by atoms with Crippen molar-refractivity contribution >= 4 is 5.91 Å². The minimum Gasteiger partial charge on any atom is -0.493 e. The third kappa shape index (κ3) is 3.68. The number of nitrogens with zero attached hydrogens (tertiary/aromatic N) is 1. The molecule has 138 valence electrons. The Balaban J connectivity index is 1.76. The van der Waals surface area contributed by atoms with Crippen LogP contribution < -0.4 is 14.8 Å². The molecule has 2 aromatic carbocycles. The molecule has 0 spiro atoms. The maximum absolute atomic E-state index is 13.0. The van der Waals surface area contributed by atoms with Crippen molar-refractivity contribution in [3.8, 4) is 11.5 Å². The van der Waals surface area contributed by atoms with Gasteiger partial charge in [0.05, 0.1) is 25.9 Å². The zero-order valence-electron chi connectivity index (χ0n) is 15.8. The Morgan fingerprint density at radius 2 is 1.69 bits per heavy atom. The van der Waals surface area contributed by atoms with E-state index in [1.807, 2.05) is 67.3 Å². The highest BCUT2D eigenvalue weighted by atomic mass is 16.5. The van der Waals surface area contributed by atoms with Crippen molar-refractivity contribution in [2.24, 2.45) is 0 Å². The van der Waals surface area contributed by atoms with Gasteiger partial charge in [0.2, 0.25) is 5.91 Å². The SMILES string of the molecule is COc1ccc(C[C@@H]2NC(C)(C)N(Cc3ccccc3)C2=O)cc1OC. The molecule has 0 aliphatic carbocycles. The van der Waals surface area contributed by atoms with Gasteiger partial charge in [0.25, 0.3) is 0 Å². The summed E-state index contributed by atoms with van der Waals surface area (Å²) in [6, 6.07) is 15.6. The Bertz CT molecular complexity index is 774. The fourth-order valence-corrected chi connectivity index (χ4v) is 3.45. The molecule has 5 heteroatoms. The molecular formula is C21H26N2O3. The lowest BCUT2D eigenvalue weighted by molar-refractivity contribution is -0.132. The first-order chi connectivity index (χ1) is 12.4. The Hall–Kier alpha value is -2.53. The fraction of sp³-hybridized carbons (Fsp3) is 0.381. The molecule has 1 fully saturated rings. The molecule has 0 radical (unpaired) electrons. The molecule has 2 aromatic rings. The molecule has 1 amide bonds. The number of amides is 1. The topological polar surface area (TPSA) is 50.8 Å². The van der Waals surface area contributed by atoms with Crippen molar-refractivity contribution in [2.75, 3.05) is 14.2 Å². The number of benzene rings is 2. The van der Waals surface area contributed by atoms with Gasteiger partial charge in [-0.15, -0.1) is 0 Å². The minimum atomic E-state index is -0.395. The summed E-state index contributed by atoms with van der Waals surface area (Å²) in [6.07, 6.45) is 0.605. The molecular weight excluding hydrogens is 328 g/mol. The summed E-state index contributed by atoms with van der Waals surface area (Å²) >= 11 is 0. The first kappa shape index (κ1) is 18.3. The average Bonchev–Trinajstić information content (AvgIpc) is 2.85. The van der Waals surface area contributed by atoms with Gasteiger partial charge < -0.3 is 14.4 Å². The highest BCUT2D eigenvalue weighted by Crippen LogP contribution is 2.30. The van der Waals surface area contributed by atoms with Crippen LogP contribution in [0.5, 0.6) is 11.5 Å². The van der Waals surface area contributed by atoms with Crippen LogP contribution >= 0.6 is 0 Å². The number of ether oxygens (including phenoxy) is 2. The molecule has 1 atom stereocenters. The van der Waals surface area contributed by atoms with E-state index in [1.54, 1.807) is 14.2 Å². The number of carbonyl (C=O) groups excluding carboxylic acids is 1.